The summed E-state index contributed by atoms with van der Waals surface area (Å²) in [7, 11) is 1.94. The second-order valence-electron chi connectivity index (χ2n) is 4.55. The maximum atomic E-state index is 4.81. The van der Waals surface area contributed by atoms with Crippen LogP contribution in [0.5, 0.6) is 0 Å². The van der Waals surface area contributed by atoms with Crippen molar-refractivity contribution in [2.75, 3.05) is 18.1 Å². The number of aromatic nitrogens is 2. The Morgan fingerprint density at radius 3 is 2.83 bits per heavy atom. The van der Waals surface area contributed by atoms with E-state index in [1.807, 2.05) is 18.8 Å². The molecule has 0 amide bonds. The van der Waals surface area contributed by atoms with Crippen molar-refractivity contribution in [2.45, 2.75) is 44.3 Å². The predicted octanol–water partition coefficient (Wildman–Crippen LogP) is 4.03. The van der Waals surface area contributed by atoms with E-state index in [1.165, 1.54) is 34.3 Å². The number of anilines is 1. The molecule has 0 aliphatic carbocycles. The molecule has 0 saturated carbocycles. The summed E-state index contributed by atoms with van der Waals surface area (Å²) in [6.07, 6.45) is 6.05. The van der Waals surface area contributed by atoms with Gasteiger partial charge in [-0.2, -0.15) is 11.8 Å². The first-order valence-electron chi connectivity index (χ1n) is 6.62. The highest BCUT2D eigenvalue weighted by Crippen LogP contribution is 2.37. The minimum Gasteiger partial charge on any atom is -0.372 e. The lowest BCUT2D eigenvalue weighted by atomic mass is 10.1. The first-order valence-corrected chi connectivity index (χ1v) is 8.74. The average molecular weight is 377 g/mol. The molecule has 1 aliphatic rings. The minimum atomic E-state index is 0.499. The smallest absolute Gasteiger partial charge is 0.144 e. The molecule has 18 heavy (non-hydrogen) atoms. The van der Waals surface area contributed by atoms with Crippen molar-refractivity contribution in [2.24, 2.45) is 0 Å². The highest BCUT2D eigenvalue weighted by atomic mass is 127. The number of hydrogen-bond acceptors (Lipinski definition) is 4. The molecular weight excluding hydrogens is 357 g/mol. The van der Waals surface area contributed by atoms with Gasteiger partial charge in [0.2, 0.25) is 0 Å². The zero-order valence-electron chi connectivity index (χ0n) is 11.0. The van der Waals surface area contributed by atoms with Crippen LogP contribution in [0.3, 0.4) is 0 Å². The molecular formula is C13H20IN3S. The van der Waals surface area contributed by atoms with Crippen molar-refractivity contribution in [3.05, 3.63) is 15.1 Å². The standard InChI is InChI=1S/C13H20IN3S/c1-3-6-9-11(14)13(15-2)17-12(16-9)10-7-4-5-8-18-10/h10H,3-8H2,1-2H3,(H,15,16,17). The molecule has 2 heterocycles. The molecule has 5 heteroatoms. The fourth-order valence-electron chi connectivity index (χ4n) is 2.17. The van der Waals surface area contributed by atoms with Gasteiger partial charge in [0.15, 0.2) is 0 Å². The molecule has 1 aromatic heterocycles. The highest BCUT2D eigenvalue weighted by molar-refractivity contribution is 14.1. The van der Waals surface area contributed by atoms with Crippen molar-refractivity contribution in [3.63, 3.8) is 0 Å². The van der Waals surface area contributed by atoms with Gasteiger partial charge in [-0.15, -0.1) is 0 Å². The van der Waals surface area contributed by atoms with Gasteiger partial charge >= 0.3 is 0 Å². The zero-order chi connectivity index (χ0) is 13.0. The predicted molar refractivity (Wildman–Crippen MR) is 87.3 cm³/mol. The van der Waals surface area contributed by atoms with E-state index in [4.69, 9.17) is 9.97 Å². The second kappa shape index (κ2) is 6.93. The van der Waals surface area contributed by atoms with E-state index in [0.717, 1.165) is 24.5 Å². The van der Waals surface area contributed by atoms with E-state index in [-0.39, 0.29) is 0 Å². The van der Waals surface area contributed by atoms with Crippen LogP contribution >= 0.6 is 34.4 Å². The quantitative estimate of drug-likeness (QED) is 0.804. The molecule has 1 fully saturated rings. The van der Waals surface area contributed by atoms with E-state index in [2.05, 4.69) is 34.8 Å². The van der Waals surface area contributed by atoms with Crippen molar-refractivity contribution in [3.8, 4) is 0 Å². The summed E-state index contributed by atoms with van der Waals surface area (Å²) in [6, 6.07) is 0. The first-order chi connectivity index (χ1) is 8.76. The summed E-state index contributed by atoms with van der Waals surface area (Å²) >= 11 is 4.37. The van der Waals surface area contributed by atoms with E-state index in [1.54, 1.807) is 0 Å². The summed E-state index contributed by atoms with van der Waals surface area (Å²) in [4.78, 5) is 9.52. The lowest BCUT2D eigenvalue weighted by Gasteiger charge is -2.21. The van der Waals surface area contributed by atoms with Crippen LogP contribution in [-0.4, -0.2) is 22.8 Å². The number of nitrogens with one attached hydrogen (secondary N) is 1. The molecule has 0 radical (unpaired) electrons. The minimum absolute atomic E-state index is 0.499. The molecule has 100 valence electrons. The molecule has 1 aliphatic heterocycles. The van der Waals surface area contributed by atoms with Gasteiger partial charge in [-0.3, -0.25) is 0 Å². The van der Waals surface area contributed by atoms with Gasteiger partial charge in [-0.25, -0.2) is 9.97 Å². The number of nitrogens with zero attached hydrogens (tertiary/aromatic N) is 2. The summed E-state index contributed by atoms with van der Waals surface area (Å²) in [5.74, 6) is 3.28. The first kappa shape index (κ1) is 14.4. The average Bonchev–Trinajstić information content (AvgIpc) is 2.42. The summed E-state index contributed by atoms with van der Waals surface area (Å²) in [5.41, 5.74) is 1.21. The third-order valence-corrected chi connectivity index (χ3v) is 5.64. The Labute approximate surface area is 127 Å². The van der Waals surface area contributed by atoms with Gasteiger partial charge < -0.3 is 5.32 Å². The number of halogens is 1. The van der Waals surface area contributed by atoms with Gasteiger partial charge in [-0.05, 0) is 47.6 Å². The Morgan fingerprint density at radius 2 is 2.22 bits per heavy atom. The maximum absolute atomic E-state index is 4.81. The van der Waals surface area contributed by atoms with Gasteiger partial charge in [0.05, 0.1) is 14.5 Å². The number of thioether (sulfide) groups is 1. The molecule has 1 unspecified atom stereocenters. The summed E-state index contributed by atoms with van der Waals surface area (Å²) in [5, 5.41) is 3.70. The van der Waals surface area contributed by atoms with Crippen LogP contribution < -0.4 is 5.32 Å². The fraction of sp³-hybridized carbons (Fsp3) is 0.692. The van der Waals surface area contributed by atoms with Crippen molar-refractivity contribution in [1.29, 1.82) is 0 Å². The number of rotatable bonds is 4. The molecule has 3 nitrogen and oxygen atoms in total. The third-order valence-electron chi connectivity index (χ3n) is 3.13. The van der Waals surface area contributed by atoms with E-state index >= 15 is 0 Å². The normalized spacial score (nSPS) is 19.8. The van der Waals surface area contributed by atoms with Crippen LogP contribution in [0.2, 0.25) is 0 Å². The number of aryl methyl sites for hydroxylation is 1. The zero-order valence-corrected chi connectivity index (χ0v) is 14.0. The van der Waals surface area contributed by atoms with Gasteiger partial charge in [-0.1, -0.05) is 19.8 Å². The van der Waals surface area contributed by atoms with Crippen molar-refractivity contribution >= 4 is 40.2 Å². The van der Waals surface area contributed by atoms with Crippen LogP contribution in [0.15, 0.2) is 0 Å². The number of hydrogen-bond donors (Lipinski definition) is 1. The molecule has 1 aromatic rings. The molecule has 1 saturated heterocycles. The Kier molecular flexibility index (Phi) is 5.54. The van der Waals surface area contributed by atoms with Crippen LogP contribution in [0.4, 0.5) is 5.82 Å². The molecule has 0 bridgehead atoms. The summed E-state index contributed by atoms with van der Waals surface area (Å²) < 4.78 is 1.18. The highest BCUT2D eigenvalue weighted by Gasteiger charge is 2.21. The topological polar surface area (TPSA) is 37.8 Å². The van der Waals surface area contributed by atoms with E-state index in [9.17, 15) is 0 Å². The SMILES string of the molecule is CCCc1nc(C2CCCCS2)nc(NC)c1I. The van der Waals surface area contributed by atoms with Crippen LogP contribution in [0.25, 0.3) is 0 Å². The molecule has 0 spiro atoms. The largest absolute Gasteiger partial charge is 0.372 e. The molecule has 1 atom stereocenters. The second-order valence-corrected chi connectivity index (χ2v) is 6.94. The monoisotopic (exact) mass is 377 g/mol. The van der Waals surface area contributed by atoms with Crippen LogP contribution in [0, 0.1) is 3.57 Å². The van der Waals surface area contributed by atoms with E-state index in [0.29, 0.717) is 5.25 Å². The van der Waals surface area contributed by atoms with Crippen LogP contribution in [0.1, 0.15) is 49.4 Å². The van der Waals surface area contributed by atoms with Gasteiger partial charge in [0.1, 0.15) is 11.6 Å². The molecule has 2 rings (SSSR count). The van der Waals surface area contributed by atoms with Crippen molar-refractivity contribution < 1.29 is 0 Å². The molecule has 1 N–H and O–H groups in total. The van der Waals surface area contributed by atoms with Crippen molar-refractivity contribution in [1.82, 2.24) is 9.97 Å². The lowest BCUT2D eigenvalue weighted by Crippen LogP contribution is -2.12. The Morgan fingerprint density at radius 1 is 1.39 bits per heavy atom. The molecule has 0 aromatic carbocycles. The van der Waals surface area contributed by atoms with Gasteiger partial charge in [0.25, 0.3) is 0 Å². The van der Waals surface area contributed by atoms with Gasteiger partial charge in [0, 0.05) is 7.05 Å². The Balaban J connectivity index is 2.31. The Bertz CT molecular complexity index is 405. The maximum Gasteiger partial charge on any atom is 0.144 e. The fourth-order valence-corrected chi connectivity index (χ4v) is 4.19. The van der Waals surface area contributed by atoms with Crippen LogP contribution in [-0.2, 0) is 6.42 Å². The Hall–Kier alpha value is -0.0400. The van der Waals surface area contributed by atoms with E-state index < -0.39 is 0 Å². The summed E-state index contributed by atoms with van der Waals surface area (Å²) in [6.45, 7) is 2.20. The third kappa shape index (κ3) is 3.29. The lowest BCUT2D eigenvalue weighted by molar-refractivity contribution is 0.657.